The molecule has 31 heavy (non-hydrogen) atoms. The number of aromatic carboxylic acids is 1. The molecule has 2 heterocycles. The third-order valence-electron chi connectivity index (χ3n) is 4.72. The molecule has 0 fully saturated rings. The molecule has 2 aliphatic rings. The van der Waals surface area contributed by atoms with Crippen LogP contribution in [0.1, 0.15) is 62.6 Å². The highest BCUT2D eigenvalue weighted by Crippen LogP contribution is 2.38. The van der Waals surface area contributed by atoms with E-state index >= 15 is 0 Å². The fourth-order valence-electron chi connectivity index (χ4n) is 3.28. The van der Waals surface area contributed by atoms with Crippen molar-refractivity contribution in [2.45, 2.75) is 52.7 Å². The summed E-state index contributed by atoms with van der Waals surface area (Å²) < 4.78 is 2.03. The van der Waals surface area contributed by atoms with Crippen LogP contribution in [-0.2, 0) is 0 Å². The second-order valence-corrected chi connectivity index (χ2v) is 8.45. The zero-order chi connectivity index (χ0) is 22.9. The molecule has 1 aromatic carbocycles. The van der Waals surface area contributed by atoms with Crippen molar-refractivity contribution in [3.05, 3.63) is 34.5 Å². The number of benzene rings is 1. The molecule has 0 saturated carbocycles. The van der Waals surface area contributed by atoms with Gasteiger partial charge in [0.2, 0.25) is 5.95 Å². The lowest BCUT2D eigenvalue weighted by molar-refractivity contribution is 0.0697. The van der Waals surface area contributed by atoms with E-state index in [1.165, 1.54) is 12.1 Å². The van der Waals surface area contributed by atoms with E-state index in [0.717, 1.165) is 11.4 Å². The van der Waals surface area contributed by atoms with Gasteiger partial charge in [-0.1, -0.05) is 25.4 Å². The van der Waals surface area contributed by atoms with Gasteiger partial charge in [-0.15, -0.1) is 5.10 Å². The SMILES string of the molecule is CC(O)CNc1nc(Nc2ccc(C(=O)O)c(Cl)c2)c2nnc(C(C)C)c-2n1C(C)C. The minimum atomic E-state index is -1.09. The van der Waals surface area contributed by atoms with Gasteiger partial charge < -0.3 is 25.4 Å². The zero-order valence-corrected chi connectivity index (χ0v) is 18.9. The molecular formula is C21H27ClN6O3. The predicted octanol–water partition coefficient (Wildman–Crippen LogP) is 4.37. The lowest BCUT2D eigenvalue weighted by Crippen LogP contribution is -2.22. The molecule has 2 aliphatic heterocycles. The van der Waals surface area contributed by atoms with Gasteiger partial charge in [0.05, 0.1) is 28.1 Å². The molecule has 1 aromatic rings. The van der Waals surface area contributed by atoms with Gasteiger partial charge in [0.15, 0.2) is 11.5 Å². The van der Waals surface area contributed by atoms with Crippen molar-refractivity contribution in [1.29, 1.82) is 0 Å². The first-order valence-corrected chi connectivity index (χ1v) is 10.5. The van der Waals surface area contributed by atoms with Crippen molar-refractivity contribution >= 4 is 35.0 Å². The summed E-state index contributed by atoms with van der Waals surface area (Å²) in [7, 11) is 0. The number of carboxylic acids is 1. The molecule has 10 heteroatoms. The lowest BCUT2D eigenvalue weighted by atomic mass is 10.1. The number of hydrogen-bond donors (Lipinski definition) is 4. The number of rotatable bonds is 8. The maximum Gasteiger partial charge on any atom is 0.337 e. The number of nitrogens with one attached hydrogen (secondary N) is 2. The quantitative estimate of drug-likeness (QED) is 0.402. The van der Waals surface area contributed by atoms with Gasteiger partial charge in [-0.3, -0.25) is 0 Å². The van der Waals surface area contributed by atoms with Crippen molar-refractivity contribution in [3.8, 4) is 11.4 Å². The topological polar surface area (TPSA) is 125 Å². The Morgan fingerprint density at radius 1 is 1.19 bits per heavy atom. The third-order valence-corrected chi connectivity index (χ3v) is 5.03. The normalized spacial score (nSPS) is 12.5. The molecule has 166 valence electrons. The molecule has 1 unspecified atom stereocenters. The number of nitrogens with zero attached hydrogens (tertiary/aromatic N) is 4. The Labute approximate surface area is 185 Å². The Bertz CT molecular complexity index is 1060. The van der Waals surface area contributed by atoms with Crippen LogP contribution in [0.5, 0.6) is 0 Å². The molecule has 0 aliphatic carbocycles. The molecule has 0 saturated heterocycles. The van der Waals surface area contributed by atoms with Gasteiger partial charge in [-0.2, -0.15) is 10.1 Å². The molecule has 0 bridgehead atoms. The highest BCUT2D eigenvalue weighted by Gasteiger charge is 2.28. The van der Waals surface area contributed by atoms with Gasteiger partial charge >= 0.3 is 5.97 Å². The molecular weight excluding hydrogens is 420 g/mol. The standard InChI is InChI=1S/C21H27ClN6O3/c1-10(2)16-18-17(27-26-16)19(24-13-6-7-14(20(30)31)15(22)8-13)25-21(23-9-12(5)29)28(18)11(3)4/h6-8,10-12,24,29H,9H2,1-5H3,(H,23,25)(H,30,31). The van der Waals surface area contributed by atoms with E-state index in [1.54, 1.807) is 13.0 Å². The molecule has 0 spiro atoms. The molecule has 0 radical (unpaired) electrons. The highest BCUT2D eigenvalue weighted by atomic mass is 35.5. The van der Waals surface area contributed by atoms with E-state index in [2.05, 4.69) is 34.7 Å². The Morgan fingerprint density at radius 3 is 2.45 bits per heavy atom. The van der Waals surface area contributed by atoms with Crippen LogP contribution in [0.2, 0.25) is 5.02 Å². The second kappa shape index (κ2) is 9.07. The predicted molar refractivity (Wildman–Crippen MR) is 121 cm³/mol. The van der Waals surface area contributed by atoms with Crippen molar-refractivity contribution in [1.82, 2.24) is 19.7 Å². The number of hydrogen-bond acceptors (Lipinski definition) is 7. The first-order chi connectivity index (χ1) is 14.6. The van der Waals surface area contributed by atoms with Crippen LogP contribution in [0.3, 0.4) is 0 Å². The third kappa shape index (κ3) is 4.72. The van der Waals surface area contributed by atoms with E-state index in [4.69, 9.17) is 16.6 Å². The van der Waals surface area contributed by atoms with Crippen molar-refractivity contribution in [3.63, 3.8) is 0 Å². The van der Waals surface area contributed by atoms with Gasteiger partial charge in [-0.05, 0) is 44.9 Å². The fraction of sp³-hybridized carbons (Fsp3) is 0.429. The first kappa shape index (κ1) is 22.8. The number of aliphatic hydroxyl groups is 1. The smallest absolute Gasteiger partial charge is 0.337 e. The monoisotopic (exact) mass is 446 g/mol. The molecule has 9 nitrogen and oxygen atoms in total. The van der Waals surface area contributed by atoms with E-state index in [0.29, 0.717) is 29.7 Å². The summed E-state index contributed by atoms with van der Waals surface area (Å²) in [5.41, 5.74) is 2.88. The van der Waals surface area contributed by atoms with Gasteiger partial charge in [0.1, 0.15) is 0 Å². The largest absolute Gasteiger partial charge is 0.478 e. The maximum absolute atomic E-state index is 11.2. The molecule has 1 atom stereocenters. The van der Waals surface area contributed by atoms with Gasteiger partial charge in [0, 0.05) is 18.3 Å². The Hall–Kier alpha value is -2.91. The van der Waals surface area contributed by atoms with Crippen LogP contribution in [0.25, 0.3) is 11.4 Å². The summed E-state index contributed by atoms with van der Waals surface area (Å²) in [6, 6.07) is 4.65. The lowest BCUT2D eigenvalue weighted by Gasteiger charge is -2.24. The average Bonchev–Trinajstić information content (AvgIpc) is 3.11. The fourth-order valence-corrected chi connectivity index (χ4v) is 3.54. The van der Waals surface area contributed by atoms with Crippen molar-refractivity contribution < 1.29 is 15.0 Å². The van der Waals surface area contributed by atoms with Crippen LogP contribution in [-0.4, -0.2) is 48.6 Å². The summed E-state index contributed by atoms with van der Waals surface area (Å²) in [5.74, 6) is 0.0661. The summed E-state index contributed by atoms with van der Waals surface area (Å²) in [4.78, 5) is 16.0. The van der Waals surface area contributed by atoms with Crippen molar-refractivity contribution in [2.75, 3.05) is 17.2 Å². The summed E-state index contributed by atoms with van der Waals surface area (Å²) in [5, 5.41) is 34.3. The van der Waals surface area contributed by atoms with E-state index in [9.17, 15) is 15.0 Å². The van der Waals surface area contributed by atoms with E-state index < -0.39 is 12.1 Å². The summed E-state index contributed by atoms with van der Waals surface area (Å²) >= 11 is 6.12. The van der Waals surface area contributed by atoms with E-state index in [1.807, 2.05) is 18.4 Å². The highest BCUT2D eigenvalue weighted by molar-refractivity contribution is 6.33. The number of anilines is 3. The van der Waals surface area contributed by atoms with Crippen LogP contribution in [0.4, 0.5) is 17.5 Å². The molecule has 0 amide bonds. The summed E-state index contributed by atoms with van der Waals surface area (Å²) in [6.45, 7) is 10.2. The van der Waals surface area contributed by atoms with Gasteiger partial charge in [0.25, 0.3) is 0 Å². The Balaban J connectivity index is 2.14. The zero-order valence-electron chi connectivity index (χ0n) is 18.1. The van der Waals surface area contributed by atoms with Crippen LogP contribution < -0.4 is 10.6 Å². The van der Waals surface area contributed by atoms with Gasteiger partial charge in [-0.25, -0.2) is 4.79 Å². The average molecular weight is 447 g/mol. The van der Waals surface area contributed by atoms with Crippen LogP contribution in [0, 0.1) is 0 Å². The van der Waals surface area contributed by atoms with E-state index in [-0.39, 0.29) is 22.5 Å². The number of aromatic nitrogens is 4. The number of carbonyl (C=O) groups is 1. The number of halogens is 1. The second-order valence-electron chi connectivity index (χ2n) is 8.04. The summed E-state index contributed by atoms with van der Waals surface area (Å²) in [6.07, 6.45) is -0.558. The molecule has 0 aromatic heterocycles. The minimum absolute atomic E-state index is 0.0190. The first-order valence-electron chi connectivity index (χ1n) is 10.1. The minimum Gasteiger partial charge on any atom is -0.478 e. The number of carboxylic acid groups (broad SMARTS) is 1. The molecule has 4 N–H and O–H groups in total. The Kier molecular flexibility index (Phi) is 6.66. The maximum atomic E-state index is 11.2. The molecule has 3 rings (SSSR count). The van der Waals surface area contributed by atoms with Crippen molar-refractivity contribution in [2.24, 2.45) is 0 Å². The van der Waals surface area contributed by atoms with Crippen LogP contribution >= 0.6 is 11.6 Å². The number of fused-ring (bicyclic) bond motifs is 1. The van der Waals surface area contributed by atoms with Crippen LogP contribution in [0.15, 0.2) is 18.2 Å². The number of aliphatic hydroxyl groups excluding tert-OH is 1. The Morgan fingerprint density at radius 2 is 1.90 bits per heavy atom.